The average Bonchev–Trinajstić information content (AvgIpc) is 3.10. The third-order valence-corrected chi connectivity index (χ3v) is 5.16. The van der Waals surface area contributed by atoms with Crippen molar-refractivity contribution in [1.82, 2.24) is 19.9 Å². The molecule has 1 aromatic heterocycles. The van der Waals surface area contributed by atoms with Crippen LogP contribution in [-0.2, 0) is 16.1 Å². The van der Waals surface area contributed by atoms with E-state index in [0.29, 0.717) is 31.4 Å². The van der Waals surface area contributed by atoms with Crippen molar-refractivity contribution in [2.24, 2.45) is 0 Å². The molecule has 0 bridgehead atoms. The van der Waals surface area contributed by atoms with Crippen molar-refractivity contribution >= 4 is 5.97 Å². The first kappa shape index (κ1) is 15.0. The third-order valence-electron chi connectivity index (χ3n) is 5.16. The molecule has 2 aliphatic heterocycles. The Hall–Kier alpha value is -1.51. The Kier molecular flexibility index (Phi) is 3.82. The number of aliphatic carboxylic acids is 1. The Balaban J connectivity index is 1.34. The number of carbonyl (C=O) groups is 1. The smallest absolute Gasteiger partial charge is 0.326 e. The van der Waals surface area contributed by atoms with E-state index in [2.05, 4.69) is 19.9 Å². The molecule has 1 atom stereocenters. The van der Waals surface area contributed by atoms with Crippen LogP contribution in [-0.4, -0.2) is 75.9 Å². The molecule has 1 aromatic rings. The molecule has 0 amide bonds. The van der Waals surface area contributed by atoms with Gasteiger partial charge >= 0.3 is 5.97 Å². The molecule has 3 aliphatic rings. The fourth-order valence-electron chi connectivity index (χ4n) is 3.47. The third kappa shape index (κ3) is 2.86. The first-order valence-electron chi connectivity index (χ1n) is 8.28. The topological polar surface area (TPSA) is 91.9 Å². The Morgan fingerprint density at radius 1 is 1.30 bits per heavy atom. The molecule has 1 aliphatic carbocycles. The van der Waals surface area contributed by atoms with Gasteiger partial charge in [0.15, 0.2) is 5.82 Å². The monoisotopic (exact) mass is 322 g/mol. The molecule has 0 spiro atoms. The van der Waals surface area contributed by atoms with Crippen molar-refractivity contribution in [3.05, 3.63) is 11.7 Å². The van der Waals surface area contributed by atoms with Crippen molar-refractivity contribution in [3.63, 3.8) is 0 Å². The lowest BCUT2D eigenvalue weighted by Crippen LogP contribution is -2.61. The van der Waals surface area contributed by atoms with E-state index in [1.54, 1.807) is 0 Å². The number of hydrogen-bond donors (Lipinski definition) is 1. The molecule has 126 valence electrons. The largest absolute Gasteiger partial charge is 0.480 e. The van der Waals surface area contributed by atoms with Gasteiger partial charge in [0.2, 0.25) is 5.89 Å². The quantitative estimate of drug-likeness (QED) is 0.828. The summed E-state index contributed by atoms with van der Waals surface area (Å²) < 4.78 is 10.7. The maximum Gasteiger partial charge on any atom is 0.326 e. The minimum Gasteiger partial charge on any atom is -0.480 e. The summed E-state index contributed by atoms with van der Waals surface area (Å²) >= 11 is 0. The number of carboxylic acids is 1. The van der Waals surface area contributed by atoms with Gasteiger partial charge in [0.05, 0.1) is 13.2 Å². The first-order chi connectivity index (χ1) is 11.2. The number of nitrogens with zero attached hydrogens (tertiary/aromatic N) is 4. The van der Waals surface area contributed by atoms with Gasteiger partial charge in [0.1, 0.15) is 5.54 Å². The van der Waals surface area contributed by atoms with Gasteiger partial charge in [-0.1, -0.05) is 5.16 Å². The Bertz CT molecular complexity index is 572. The Morgan fingerprint density at radius 3 is 2.70 bits per heavy atom. The molecule has 23 heavy (non-hydrogen) atoms. The predicted octanol–water partition coefficient (Wildman–Crippen LogP) is 0.308. The van der Waals surface area contributed by atoms with Crippen molar-refractivity contribution in [2.45, 2.75) is 37.3 Å². The zero-order valence-corrected chi connectivity index (χ0v) is 13.1. The number of aromatic nitrogens is 2. The molecule has 3 fully saturated rings. The van der Waals surface area contributed by atoms with E-state index < -0.39 is 11.5 Å². The van der Waals surface area contributed by atoms with Gasteiger partial charge in [-0.3, -0.25) is 14.6 Å². The Morgan fingerprint density at radius 2 is 2.09 bits per heavy atom. The molecule has 8 heteroatoms. The van der Waals surface area contributed by atoms with Crippen LogP contribution >= 0.6 is 0 Å². The summed E-state index contributed by atoms with van der Waals surface area (Å²) in [6, 6.07) is 0. The van der Waals surface area contributed by atoms with Crippen LogP contribution in [0.3, 0.4) is 0 Å². The zero-order chi connectivity index (χ0) is 15.9. The van der Waals surface area contributed by atoms with Gasteiger partial charge in [0.25, 0.3) is 0 Å². The van der Waals surface area contributed by atoms with Crippen LogP contribution in [0.2, 0.25) is 0 Å². The number of rotatable bonds is 5. The van der Waals surface area contributed by atoms with Crippen molar-refractivity contribution in [1.29, 1.82) is 0 Å². The molecule has 8 nitrogen and oxygen atoms in total. The molecule has 2 saturated heterocycles. The van der Waals surface area contributed by atoms with Crippen LogP contribution in [0.25, 0.3) is 0 Å². The van der Waals surface area contributed by atoms with Gasteiger partial charge in [-0.15, -0.1) is 0 Å². The fraction of sp³-hybridized carbons (Fsp3) is 0.800. The summed E-state index contributed by atoms with van der Waals surface area (Å²) in [4.78, 5) is 20.5. The number of ether oxygens (including phenoxy) is 1. The van der Waals surface area contributed by atoms with Crippen LogP contribution < -0.4 is 0 Å². The summed E-state index contributed by atoms with van der Waals surface area (Å²) in [5.41, 5.74) is -0.838. The molecule has 1 unspecified atom stereocenters. The second-order valence-corrected chi connectivity index (χ2v) is 6.72. The highest BCUT2D eigenvalue weighted by Crippen LogP contribution is 2.38. The van der Waals surface area contributed by atoms with E-state index in [0.717, 1.165) is 44.8 Å². The summed E-state index contributed by atoms with van der Waals surface area (Å²) in [5, 5.41) is 13.6. The standard InChI is InChI=1S/C15H22N4O4/c20-14(21)15(3-8-22-10-15)19-6-4-18(5-7-19)9-12-16-13(17-23-12)11-1-2-11/h11H,1-10H2,(H,20,21). The average molecular weight is 322 g/mol. The summed E-state index contributed by atoms with van der Waals surface area (Å²) in [6.07, 6.45) is 2.89. The van der Waals surface area contributed by atoms with Gasteiger partial charge in [-0.2, -0.15) is 4.98 Å². The minimum atomic E-state index is -0.838. The van der Waals surface area contributed by atoms with E-state index in [1.807, 2.05) is 0 Å². The highest BCUT2D eigenvalue weighted by Gasteiger charge is 2.48. The second kappa shape index (κ2) is 5.85. The van der Waals surface area contributed by atoms with Crippen LogP contribution in [0.4, 0.5) is 0 Å². The molecule has 3 heterocycles. The van der Waals surface area contributed by atoms with Gasteiger partial charge in [0, 0.05) is 45.1 Å². The second-order valence-electron chi connectivity index (χ2n) is 6.72. The summed E-state index contributed by atoms with van der Waals surface area (Å²) in [7, 11) is 0. The van der Waals surface area contributed by atoms with E-state index in [4.69, 9.17) is 9.26 Å². The highest BCUT2D eigenvalue weighted by atomic mass is 16.5. The van der Waals surface area contributed by atoms with E-state index in [1.165, 1.54) is 0 Å². The molecule has 1 saturated carbocycles. The minimum absolute atomic E-state index is 0.288. The van der Waals surface area contributed by atoms with Crippen molar-refractivity contribution < 1.29 is 19.2 Å². The zero-order valence-electron chi connectivity index (χ0n) is 13.1. The normalized spacial score (nSPS) is 29.9. The number of carboxylic acid groups (broad SMARTS) is 1. The lowest BCUT2D eigenvalue weighted by atomic mass is 9.95. The highest BCUT2D eigenvalue weighted by molar-refractivity contribution is 5.79. The lowest BCUT2D eigenvalue weighted by Gasteiger charge is -2.42. The van der Waals surface area contributed by atoms with Crippen LogP contribution in [0.1, 0.15) is 36.9 Å². The summed E-state index contributed by atoms with van der Waals surface area (Å²) in [5.74, 6) is 1.24. The van der Waals surface area contributed by atoms with Crippen LogP contribution in [0.5, 0.6) is 0 Å². The molecule has 1 N–H and O–H groups in total. The van der Waals surface area contributed by atoms with Gasteiger partial charge in [-0.05, 0) is 12.8 Å². The SMILES string of the molecule is O=C(O)C1(N2CCN(Cc3nc(C4CC4)no3)CC2)CCOC1. The van der Waals surface area contributed by atoms with Crippen molar-refractivity contribution in [2.75, 3.05) is 39.4 Å². The lowest BCUT2D eigenvalue weighted by molar-refractivity contribution is -0.153. The van der Waals surface area contributed by atoms with Crippen LogP contribution in [0.15, 0.2) is 4.52 Å². The maximum atomic E-state index is 11.7. The van der Waals surface area contributed by atoms with Gasteiger partial charge in [-0.25, -0.2) is 0 Å². The van der Waals surface area contributed by atoms with E-state index in [-0.39, 0.29) is 6.61 Å². The first-order valence-corrected chi connectivity index (χ1v) is 8.28. The molecular weight excluding hydrogens is 300 g/mol. The molecule has 0 aromatic carbocycles. The molecule has 4 rings (SSSR count). The maximum absolute atomic E-state index is 11.7. The van der Waals surface area contributed by atoms with E-state index >= 15 is 0 Å². The van der Waals surface area contributed by atoms with E-state index in [9.17, 15) is 9.90 Å². The predicted molar refractivity (Wildman–Crippen MR) is 78.9 cm³/mol. The Labute approximate surface area is 134 Å². The number of hydrogen-bond acceptors (Lipinski definition) is 7. The van der Waals surface area contributed by atoms with Crippen LogP contribution in [0, 0.1) is 0 Å². The molecular formula is C15H22N4O4. The fourth-order valence-corrected chi connectivity index (χ4v) is 3.47. The van der Waals surface area contributed by atoms with Crippen molar-refractivity contribution in [3.8, 4) is 0 Å². The number of piperazine rings is 1. The van der Waals surface area contributed by atoms with Gasteiger partial charge < -0.3 is 14.4 Å². The summed E-state index contributed by atoms with van der Waals surface area (Å²) in [6.45, 7) is 4.50. The molecule has 0 radical (unpaired) electrons.